The molecule has 24 heavy (non-hydrogen) atoms. The van der Waals surface area contributed by atoms with Crippen LogP contribution in [0.1, 0.15) is 25.1 Å². The Morgan fingerprint density at radius 1 is 1.04 bits per heavy atom. The third kappa shape index (κ3) is 3.62. The van der Waals surface area contributed by atoms with Crippen LogP contribution in [0.4, 0.5) is 11.5 Å². The van der Waals surface area contributed by atoms with Crippen molar-refractivity contribution < 1.29 is 4.74 Å². The van der Waals surface area contributed by atoms with E-state index in [1.807, 2.05) is 60.8 Å². The lowest BCUT2D eigenvalue weighted by Crippen LogP contribution is -2.03. The molecule has 0 bridgehead atoms. The largest absolute Gasteiger partial charge is 0.493 e. The van der Waals surface area contributed by atoms with E-state index in [-0.39, 0.29) is 0 Å². The minimum absolute atomic E-state index is 0.506. The molecule has 5 heteroatoms. The molecule has 0 radical (unpaired) electrons. The second-order valence-corrected chi connectivity index (χ2v) is 6.35. The molecular weight excluding hydrogens is 300 g/mol. The number of fused-ring (bicyclic) bond motifs is 1. The van der Waals surface area contributed by atoms with Gasteiger partial charge in [-0.3, -0.25) is 4.40 Å². The molecular formula is C19H22N4O. The summed E-state index contributed by atoms with van der Waals surface area (Å²) in [7, 11) is 0. The van der Waals surface area contributed by atoms with E-state index in [1.54, 1.807) is 0 Å². The number of aryl methyl sites for hydroxylation is 2. The van der Waals surface area contributed by atoms with Crippen molar-refractivity contribution in [3.8, 4) is 5.75 Å². The van der Waals surface area contributed by atoms with Gasteiger partial charge in [0, 0.05) is 6.20 Å². The minimum atomic E-state index is 0.506. The zero-order chi connectivity index (χ0) is 17.1. The molecule has 0 aliphatic carbocycles. The number of hydrogen-bond donors (Lipinski definition) is 0. The highest BCUT2D eigenvalue weighted by atomic mass is 16.5. The highest BCUT2D eigenvalue weighted by Gasteiger charge is 2.07. The predicted octanol–water partition coefficient (Wildman–Crippen LogP) is 5.40. The molecule has 0 fully saturated rings. The van der Waals surface area contributed by atoms with Gasteiger partial charge in [-0.05, 0) is 55.7 Å². The van der Waals surface area contributed by atoms with Gasteiger partial charge in [0.25, 0.3) is 0 Å². The van der Waals surface area contributed by atoms with Crippen molar-refractivity contribution in [3.63, 3.8) is 0 Å². The SMILES string of the molecule is Cc1ccc2nc(C)c(N=Nc3ccc(OCC(C)C)cc3)n2c1. The van der Waals surface area contributed by atoms with Gasteiger partial charge in [0.1, 0.15) is 11.4 Å². The number of imidazole rings is 1. The molecule has 1 aromatic carbocycles. The Morgan fingerprint density at radius 3 is 2.50 bits per heavy atom. The summed E-state index contributed by atoms with van der Waals surface area (Å²) in [6.07, 6.45) is 2.02. The molecule has 2 heterocycles. The average Bonchev–Trinajstić information content (AvgIpc) is 2.86. The van der Waals surface area contributed by atoms with Crippen LogP contribution < -0.4 is 4.74 Å². The predicted molar refractivity (Wildman–Crippen MR) is 95.6 cm³/mol. The summed E-state index contributed by atoms with van der Waals surface area (Å²) in [6.45, 7) is 8.96. The molecule has 0 N–H and O–H groups in total. The van der Waals surface area contributed by atoms with Crippen LogP contribution in [0.5, 0.6) is 5.75 Å². The number of aromatic nitrogens is 2. The molecule has 2 aromatic heterocycles. The first kappa shape index (κ1) is 16.2. The summed E-state index contributed by atoms with van der Waals surface area (Å²) >= 11 is 0. The second kappa shape index (κ2) is 6.83. The average molecular weight is 322 g/mol. The van der Waals surface area contributed by atoms with Crippen LogP contribution >= 0.6 is 0 Å². The van der Waals surface area contributed by atoms with E-state index >= 15 is 0 Å². The lowest BCUT2D eigenvalue weighted by Gasteiger charge is -2.08. The van der Waals surface area contributed by atoms with Gasteiger partial charge in [-0.15, -0.1) is 10.2 Å². The van der Waals surface area contributed by atoms with Crippen molar-refractivity contribution in [2.45, 2.75) is 27.7 Å². The first-order valence-electron chi connectivity index (χ1n) is 8.13. The van der Waals surface area contributed by atoms with Gasteiger partial charge in [0.05, 0.1) is 18.0 Å². The Labute approximate surface area is 142 Å². The van der Waals surface area contributed by atoms with Gasteiger partial charge < -0.3 is 4.74 Å². The quantitative estimate of drug-likeness (QED) is 0.590. The van der Waals surface area contributed by atoms with Crippen molar-refractivity contribution in [1.82, 2.24) is 9.38 Å². The Morgan fingerprint density at radius 2 is 1.79 bits per heavy atom. The number of azo groups is 1. The third-order valence-electron chi connectivity index (χ3n) is 3.59. The minimum Gasteiger partial charge on any atom is -0.493 e. The smallest absolute Gasteiger partial charge is 0.182 e. The fourth-order valence-corrected chi connectivity index (χ4v) is 2.35. The second-order valence-electron chi connectivity index (χ2n) is 6.35. The van der Waals surface area contributed by atoms with Crippen molar-refractivity contribution in [2.24, 2.45) is 16.1 Å². The summed E-state index contributed by atoms with van der Waals surface area (Å²) < 4.78 is 7.64. The Kier molecular flexibility index (Phi) is 4.60. The standard InChI is InChI=1S/C19H22N4O/c1-13(2)12-24-17-8-6-16(7-9-17)21-22-19-15(4)20-18-10-5-14(3)11-23(18)19/h5-11,13H,12H2,1-4H3. The number of rotatable bonds is 5. The van der Waals surface area contributed by atoms with Crippen LogP contribution in [-0.2, 0) is 0 Å². The number of pyridine rings is 1. The first-order chi connectivity index (χ1) is 11.5. The van der Waals surface area contributed by atoms with E-state index in [4.69, 9.17) is 4.74 Å². The number of benzene rings is 1. The Bertz CT molecular complexity index is 863. The van der Waals surface area contributed by atoms with Gasteiger partial charge in [-0.25, -0.2) is 4.98 Å². The van der Waals surface area contributed by atoms with Gasteiger partial charge >= 0.3 is 0 Å². The van der Waals surface area contributed by atoms with Crippen molar-refractivity contribution in [2.75, 3.05) is 6.61 Å². The molecule has 3 rings (SSSR count). The van der Waals surface area contributed by atoms with Crippen LogP contribution in [0.2, 0.25) is 0 Å². The van der Waals surface area contributed by atoms with Gasteiger partial charge in [-0.1, -0.05) is 19.9 Å². The molecule has 0 amide bonds. The van der Waals surface area contributed by atoms with Crippen LogP contribution in [0.25, 0.3) is 5.65 Å². The molecule has 0 saturated carbocycles. The molecule has 3 aromatic rings. The highest BCUT2D eigenvalue weighted by molar-refractivity contribution is 5.52. The van der Waals surface area contributed by atoms with E-state index in [9.17, 15) is 0 Å². The summed E-state index contributed by atoms with van der Waals surface area (Å²) in [5, 5.41) is 8.73. The van der Waals surface area contributed by atoms with Crippen LogP contribution in [0, 0.1) is 19.8 Å². The zero-order valence-corrected chi connectivity index (χ0v) is 14.5. The molecule has 5 nitrogen and oxygen atoms in total. The van der Waals surface area contributed by atoms with Crippen molar-refractivity contribution in [1.29, 1.82) is 0 Å². The lowest BCUT2D eigenvalue weighted by atomic mass is 10.2. The molecule has 0 aliphatic rings. The normalized spacial score (nSPS) is 11.7. The monoisotopic (exact) mass is 322 g/mol. The van der Waals surface area contributed by atoms with E-state index < -0.39 is 0 Å². The van der Waals surface area contributed by atoms with Crippen LogP contribution in [0.15, 0.2) is 52.8 Å². The highest BCUT2D eigenvalue weighted by Crippen LogP contribution is 2.25. The maximum absolute atomic E-state index is 5.68. The van der Waals surface area contributed by atoms with E-state index in [0.717, 1.165) is 34.2 Å². The molecule has 124 valence electrons. The number of nitrogens with zero attached hydrogens (tertiary/aromatic N) is 4. The van der Waals surface area contributed by atoms with Gasteiger partial charge in [0.2, 0.25) is 0 Å². The fourth-order valence-electron chi connectivity index (χ4n) is 2.35. The number of hydrogen-bond acceptors (Lipinski definition) is 4. The van der Waals surface area contributed by atoms with E-state index in [2.05, 4.69) is 29.1 Å². The fraction of sp³-hybridized carbons (Fsp3) is 0.316. The molecule has 0 atom stereocenters. The van der Waals surface area contributed by atoms with Crippen LogP contribution in [-0.4, -0.2) is 16.0 Å². The summed E-state index contributed by atoms with van der Waals surface area (Å²) in [5.41, 5.74) is 3.68. The van der Waals surface area contributed by atoms with Crippen molar-refractivity contribution >= 4 is 17.2 Å². The zero-order valence-electron chi connectivity index (χ0n) is 14.5. The molecule has 0 saturated heterocycles. The Balaban J connectivity index is 1.81. The summed E-state index contributed by atoms with van der Waals surface area (Å²) in [6, 6.07) is 11.7. The van der Waals surface area contributed by atoms with E-state index in [1.165, 1.54) is 0 Å². The topological polar surface area (TPSA) is 51.2 Å². The molecule has 0 spiro atoms. The molecule has 0 aliphatic heterocycles. The first-order valence-corrected chi connectivity index (χ1v) is 8.13. The van der Waals surface area contributed by atoms with E-state index in [0.29, 0.717) is 12.5 Å². The molecule has 0 unspecified atom stereocenters. The summed E-state index contributed by atoms with van der Waals surface area (Å²) in [5.74, 6) is 2.11. The number of ether oxygens (including phenoxy) is 1. The maximum Gasteiger partial charge on any atom is 0.182 e. The lowest BCUT2D eigenvalue weighted by molar-refractivity contribution is 0.271. The summed E-state index contributed by atoms with van der Waals surface area (Å²) in [4.78, 5) is 4.51. The third-order valence-corrected chi connectivity index (χ3v) is 3.59. The van der Waals surface area contributed by atoms with Gasteiger partial charge in [0.15, 0.2) is 5.82 Å². The van der Waals surface area contributed by atoms with Gasteiger partial charge in [-0.2, -0.15) is 0 Å². The van der Waals surface area contributed by atoms with Crippen LogP contribution in [0.3, 0.4) is 0 Å². The Hall–Kier alpha value is -2.69. The van der Waals surface area contributed by atoms with Crippen molar-refractivity contribution in [3.05, 3.63) is 53.9 Å². The maximum atomic E-state index is 5.68.